The van der Waals surface area contributed by atoms with Gasteiger partial charge in [-0.15, -0.1) is 0 Å². The standard InChI is InChI=1S/C41H59NO6/c1-38-27-33(29-12-14-31(15-13-29)42(2)30-9-4-3-5-10-30)37-32(16-20-39(43)28-41(22-18-35(37)39)47-25-26-48-41)34(38)17-21-40(38,44)19-8-24-46-36-11-6-7-23-45-36/h12-15,30,32-37,43-44H,3-7,9-11,16-18,20-28H2,1-2H3. The van der Waals surface area contributed by atoms with E-state index in [-0.39, 0.29) is 23.5 Å². The third kappa shape index (κ3) is 5.85. The Labute approximate surface area is 288 Å². The number of benzene rings is 1. The van der Waals surface area contributed by atoms with E-state index in [4.69, 9.17) is 18.9 Å². The third-order valence-corrected chi connectivity index (χ3v) is 14.6. The summed E-state index contributed by atoms with van der Waals surface area (Å²) >= 11 is 0. The minimum Gasteiger partial charge on any atom is -0.389 e. The first-order chi connectivity index (χ1) is 23.2. The Kier molecular flexibility index (Phi) is 9.17. The summed E-state index contributed by atoms with van der Waals surface area (Å²) in [4.78, 5) is 2.50. The van der Waals surface area contributed by atoms with Crippen LogP contribution in [0.25, 0.3) is 0 Å². The van der Waals surface area contributed by atoms with E-state index in [2.05, 4.69) is 55.0 Å². The summed E-state index contributed by atoms with van der Waals surface area (Å²) in [6, 6.07) is 10.0. The van der Waals surface area contributed by atoms with Gasteiger partial charge in [0, 0.05) is 43.6 Å². The average Bonchev–Trinajstić information content (AvgIpc) is 3.67. The predicted octanol–water partition coefficient (Wildman–Crippen LogP) is 6.94. The SMILES string of the molecule is CN(c1ccc(C2CC3(C)C(CCC3(O)C#CCOC3CCCCO3)C3CCC4(O)CC5(CCC4C23)OCCO5)cc1)C1CCCCC1. The lowest BCUT2D eigenvalue weighted by molar-refractivity contribution is -0.259. The van der Waals surface area contributed by atoms with Crippen molar-refractivity contribution in [3.8, 4) is 11.8 Å². The van der Waals surface area contributed by atoms with Crippen LogP contribution in [0.4, 0.5) is 5.69 Å². The summed E-state index contributed by atoms with van der Waals surface area (Å²) in [7, 11) is 2.26. The van der Waals surface area contributed by atoms with Crippen LogP contribution in [0.5, 0.6) is 0 Å². The molecular weight excluding hydrogens is 602 g/mol. The molecule has 1 aromatic carbocycles. The molecular formula is C41H59NO6. The molecule has 2 saturated heterocycles. The molecule has 2 heterocycles. The van der Waals surface area contributed by atoms with Gasteiger partial charge in [0.1, 0.15) is 12.2 Å². The second-order valence-corrected chi connectivity index (χ2v) is 16.9. The normalized spacial score (nSPS) is 42.3. The van der Waals surface area contributed by atoms with Crippen LogP contribution in [0.15, 0.2) is 24.3 Å². The summed E-state index contributed by atoms with van der Waals surface area (Å²) in [6.45, 7) is 4.61. The van der Waals surface area contributed by atoms with E-state index in [1.165, 1.54) is 43.4 Å². The third-order valence-electron chi connectivity index (χ3n) is 14.6. The largest absolute Gasteiger partial charge is 0.389 e. The van der Waals surface area contributed by atoms with E-state index >= 15 is 0 Å². The Hall–Kier alpha value is -1.66. The van der Waals surface area contributed by atoms with Crippen LogP contribution in [0.2, 0.25) is 0 Å². The van der Waals surface area contributed by atoms with Crippen LogP contribution in [0, 0.1) is 40.9 Å². The van der Waals surface area contributed by atoms with Gasteiger partial charge in [-0.3, -0.25) is 0 Å². The van der Waals surface area contributed by atoms with Gasteiger partial charge in [-0.2, -0.15) is 0 Å². The van der Waals surface area contributed by atoms with Crippen molar-refractivity contribution >= 4 is 5.69 Å². The van der Waals surface area contributed by atoms with Crippen molar-refractivity contribution < 1.29 is 29.2 Å². The molecule has 1 spiro atoms. The molecule has 7 nitrogen and oxygen atoms in total. The Balaban J connectivity index is 1.09. The summed E-state index contributed by atoms with van der Waals surface area (Å²) in [6.07, 6.45) is 16.2. The number of rotatable bonds is 5. The van der Waals surface area contributed by atoms with Crippen LogP contribution in [-0.2, 0) is 18.9 Å². The van der Waals surface area contributed by atoms with Crippen LogP contribution in [0.3, 0.4) is 0 Å². The molecule has 1 aromatic rings. The molecule has 7 fully saturated rings. The smallest absolute Gasteiger partial charge is 0.171 e. The highest BCUT2D eigenvalue weighted by molar-refractivity contribution is 5.49. The lowest BCUT2D eigenvalue weighted by Crippen LogP contribution is -2.62. The van der Waals surface area contributed by atoms with E-state index in [1.807, 2.05) is 0 Å². The Morgan fingerprint density at radius 2 is 1.60 bits per heavy atom. The molecule has 5 saturated carbocycles. The van der Waals surface area contributed by atoms with Crippen molar-refractivity contribution in [1.29, 1.82) is 0 Å². The van der Waals surface area contributed by atoms with Crippen molar-refractivity contribution in [2.24, 2.45) is 29.1 Å². The Morgan fingerprint density at radius 1 is 0.854 bits per heavy atom. The minimum atomic E-state index is -1.06. The molecule has 2 aliphatic heterocycles. The maximum Gasteiger partial charge on any atom is 0.171 e. The van der Waals surface area contributed by atoms with Crippen LogP contribution >= 0.6 is 0 Å². The maximum absolute atomic E-state index is 12.5. The number of nitrogens with zero attached hydrogens (tertiary/aromatic N) is 1. The highest BCUT2D eigenvalue weighted by Gasteiger charge is 2.67. The first kappa shape index (κ1) is 33.5. The van der Waals surface area contributed by atoms with E-state index in [1.54, 1.807) is 0 Å². The van der Waals surface area contributed by atoms with Crippen molar-refractivity contribution in [3.63, 3.8) is 0 Å². The van der Waals surface area contributed by atoms with E-state index < -0.39 is 17.0 Å². The second kappa shape index (κ2) is 13.1. The maximum atomic E-state index is 12.5. The van der Waals surface area contributed by atoms with Gasteiger partial charge >= 0.3 is 0 Å². The highest BCUT2D eigenvalue weighted by Crippen LogP contribution is 2.69. The molecule has 7 aliphatic rings. The van der Waals surface area contributed by atoms with E-state index in [0.717, 1.165) is 64.4 Å². The fourth-order valence-electron chi connectivity index (χ4n) is 12.1. The van der Waals surface area contributed by atoms with Crippen molar-refractivity contribution in [1.82, 2.24) is 0 Å². The Morgan fingerprint density at radius 3 is 2.35 bits per heavy atom. The first-order valence-electron chi connectivity index (χ1n) is 19.5. The van der Waals surface area contributed by atoms with Crippen LogP contribution < -0.4 is 4.90 Å². The van der Waals surface area contributed by atoms with Gasteiger partial charge in [-0.25, -0.2) is 0 Å². The number of fused-ring (bicyclic) bond motifs is 5. The molecule has 48 heavy (non-hydrogen) atoms. The molecule has 9 unspecified atom stereocenters. The van der Waals surface area contributed by atoms with Crippen LogP contribution in [-0.4, -0.2) is 73.0 Å². The number of hydrogen-bond acceptors (Lipinski definition) is 7. The van der Waals surface area contributed by atoms with Gasteiger partial charge in [0.05, 0.1) is 18.8 Å². The number of anilines is 1. The molecule has 5 aliphatic carbocycles. The summed E-state index contributed by atoms with van der Waals surface area (Å²) in [5.41, 5.74) is 0.456. The fourth-order valence-corrected chi connectivity index (χ4v) is 12.1. The zero-order chi connectivity index (χ0) is 33.0. The number of hydrogen-bond donors (Lipinski definition) is 2. The highest BCUT2D eigenvalue weighted by atomic mass is 16.7. The molecule has 8 rings (SSSR count). The quantitative estimate of drug-likeness (QED) is 0.331. The Bertz CT molecular complexity index is 1340. The average molecular weight is 662 g/mol. The lowest BCUT2D eigenvalue weighted by Gasteiger charge is -2.62. The van der Waals surface area contributed by atoms with Crippen molar-refractivity contribution in [2.45, 2.75) is 145 Å². The summed E-state index contributed by atoms with van der Waals surface area (Å²) in [5.74, 6) is 7.62. The van der Waals surface area contributed by atoms with E-state index in [9.17, 15) is 10.2 Å². The summed E-state index contributed by atoms with van der Waals surface area (Å²) in [5, 5.41) is 24.9. The van der Waals surface area contributed by atoms with Gasteiger partial charge in [-0.05, 0) is 118 Å². The molecule has 0 bridgehead atoms. The molecule has 264 valence electrons. The fraction of sp³-hybridized carbons (Fsp3) is 0.805. The van der Waals surface area contributed by atoms with E-state index in [0.29, 0.717) is 56.5 Å². The number of ether oxygens (including phenoxy) is 4. The van der Waals surface area contributed by atoms with Crippen molar-refractivity contribution in [3.05, 3.63) is 29.8 Å². The van der Waals surface area contributed by atoms with Crippen molar-refractivity contribution in [2.75, 3.05) is 38.4 Å². The summed E-state index contributed by atoms with van der Waals surface area (Å²) < 4.78 is 24.1. The second-order valence-electron chi connectivity index (χ2n) is 16.9. The first-order valence-corrected chi connectivity index (χ1v) is 19.5. The minimum absolute atomic E-state index is 0.176. The van der Waals surface area contributed by atoms with Crippen LogP contribution in [0.1, 0.15) is 121 Å². The zero-order valence-corrected chi connectivity index (χ0v) is 29.5. The monoisotopic (exact) mass is 661 g/mol. The molecule has 9 atom stereocenters. The molecule has 0 aromatic heterocycles. The molecule has 7 heteroatoms. The lowest BCUT2D eigenvalue weighted by atomic mass is 9.44. The predicted molar refractivity (Wildman–Crippen MR) is 185 cm³/mol. The van der Waals surface area contributed by atoms with Gasteiger partial charge in [0.15, 0.2) is 12.1 Å². The molecule has 0 radical (unpaired) electrons. The van der Waals surface area contributed by atoms with Gasteiger partial charge in [0.2, 0.25) is 0 Å². The van der Waals surface area contributed by atoms with Gasteiger partial charge in [-0.1, -0.05) is 50.2 Å². The zero-order valence-electron chi connectivity index (χ0n) is 29.5. The topological polar surface area (TPSA) is 80.6 Å². The molecule has 0 amide bonds. The number of aliphatic hydroxyl groups is 2. The molecule has 2 N–H and O–H groups in total. The van der Waals surface area contributed by atoms with Gasteiger partial charge < -0.3 is 34.1 Å². The van der Waals surface area contributed by atoms with Gasteiger partial charge in [0.25, 0.3) is 0 Å².